The molecule has 0 aromatic heterocycles. The molecular weight excluding hydrogens is 434 g/mol. The number of hydrogen-bond acceptors (Lipinski definition) is 9. The smallest absolute Gasteiger partial charge is 0.255 e. The lowest BCUT2D eigenvalue weighted by atomic mass is 9.59. The van der Waals surface area contributed by atoms with E-state index in [0.717, 1.165) is 0 Å². The summed E-state index contributed by atoms with van der Waals surface area (Å²) in [5.74, 6) is -7.14. The average Bonchev–Trinajstić information content (AvgIpc) is 2.72. The van der Waals surface area contributed by atoms with E-state index in [1.807, 2.05) is 0 Å². The molecule has 0 saturated heterocycles. The molecule has 33 heavy (non-hydrogen) atoms. The van der Waals surface area contributed by atoms with Crippen molar-refractivity contribution in [2.75, 3.05) is 19.0 Å². The molecule has 3 atom stereocenters. The zero-order chi connectivity index (χ0) is 24.4. The molecule has 6 N–H and O–H groups in total. The second-order valence-corrected chi connectivity index (χ2v) is 8.61. The minimum absolute atomic E-state index is 0.0364. The highest BCUT2D eigenvalue weighted by atomic mass is 16.3. The maximum atomic E-state index is 13.5. The number of primary amides is 1. The third-order valence-corrected chi connectivity index (χ3v) is 6.65. The first kappa shape index (κ1) is 22.2. The Kier molecular flexibility index (Phi) is 4.88. The number of amides is 1. The van der Waals surface area contributed by atoms with Crippen LogP contribution in [0.25, 0.3) is 16.2 Å². The molecule has 1 aromatic carbocycles. The Bertz CT molecular complexity index is 1260. The van der Waals surface area contributed by atoms with Gasteiger partial charge in [0.1, 0.15) is 22.8 Å². The fourth-order valence-electron chi connectivity index (χ4n) is 5.18. The summed E-state index contributed by atoms with van der Waals surface area (Å²) >= 11 is 0. The molecule has 0 aliphatic heterocycles. The highest BCUT2D eigenvalue weighted by Gasteiger charge is 2.60. The number of nitrogens with zero attached hydrogens (tertiary/aromatic N) is 4. The summed E-state index contributed by atoms with van der Waals surface area (Å²) in [4.78, 5) is 41.9. The molecular formula is C21H21N5O7. The number of carbonyl (C=O) groups is 3. The van der Waals surface area contributed by atoms with Crippen LogP contribution in [0.3, 0.4) is 0 Å². The lowest BCUT2D eigenvalue weighted by Gasteiger charge is -2.46. The van der Waals surface area contributed by atoms with Gasteiger partial charge in [-0.15, -0.1) is 0 Å². The van der Waals surface area contributed by atoms with Crippen LogP contribution >= 0.6 is 0 Å². The van der Waals surface area contributed by atoms with E-state index < -0.39 is 57.8 Å². The van der Waals surface area contributed by atoms with Crippen molar-refractivity contribution in [1.82, 2.24) is 0 Å². The maximum Gasteiger partial charge on any atom is 0.255 e. The van der Waals surface area contributed by atoms with E-state index in [4.69, 9.17) is 11.3 Å². The van der Waals surface area contributed by atoms with Crippen LogP contribution in [-0.2, 0) is 20.8 Å². The van der Waals surface area contributed by atoms with E-state index in [-0.39, 0.29) is 36.1 Å². The van der Waals surface area contributed by atoms with Crippen molar-refractivity contribution in [3.8, 4) is 5.75 Å². The number of phenolic OH excluding ortho intramolecular Hbond substituents is 1. The number of ketones is 2. The summed E-state index contributed by atoms with van der Waals surface area (Å²) in [7, 11) is 3.42. The maximum absolute atomic E-state index is 13.5. The highest BCUT2D eigenvalue weighted by molar-refractivity contribution is 6.22. The average molecular weight is 455 g/mol. The van der Waals surface area contributed by atoms with E-state index in [1.54, 1.807) is 19.0 Å². The molecule has 0 spiro atoms. The van der Waals surface area contributed by atoms with Gasteiger partial charge in [0.05, 0.1) is 11.3 Å². The van der Waals surface area contributed by atoms with Gasteiger partial charge in [0.15, 0.2) is 11.4 Å². The summed E-state index contributed by atoms with van der Waals surface area (Å²) in [6.45, 7) is 0. The number of anilines is 1. The molecule has 1 fully saturated rings. The Morgan fingerprint density at radius 1 is 1.27 bits per heavy atom. The molecule has 0 radical (unpaired) electrons. The summed E-state index contributed by atoms with van der Waals surface area (Å²) in [5, 5.41) is 47.0. The van der Waals surface area contributed by atoms with Crippen LogP contribution in [0.5, 0.6) is 5.75 Å². The van der Waals surface area contributed by atoms with Crippen LogP contribution in [0, 0.1) is 11.8 Å². The Morgan fingerprint density at radius 2 is 1.94 bits per heavy atom. The van der Waals surface area contributed by atoms with E-state index in [9.17, 15) is 34.8 Å². The van der Waals surface area contributed by atoms with Gasteiger partial charge in [-0.3, -0.25) is 14.4 Å². The molecule has 1 saturated carbocycles. The Morgan fingerprint density at radius 3 is 2.52 bits per heavy atom. The molecule has 12 nitrogen and oxygen atoms in total. The van der Waals surface area contributed by atoms with Crippen molar-refractivity contribution < 1.29 is 34.8 Å². The number of aliphatic hydroxyl groups excluding tert-OH is 2. The van der Waals surface area contributed by atoms with Gasteiger partial charge in [-0.25, -0.2) is 0 Å². The van der Waals surface area contributed by atoms with Crippen molar-refractivity contribution in [3.63, 3.8) is 0 Å². The first-order valence-electron chi connectivity index (χ1n) is 10.0. The van der Waals surface area contributed by atoms with Gasteiger partial charge in [-0.1, -0.05) is 5.11 Å². The number of phenols is 1. The van der Waals surface area contributed by atoms with Gasteiger partial charge < -0.3 is 31.1 Å². The predicted molar refractivity (Wildman–Crippen MR) is 115 cm³/mol. The lowest BCUT2D eigenvalue weighted by Crippen LogP contribution is -2.58. The third-order valence-electron chi connectivity index (χ3n) is 6.65. The minimum Gasteiger partial charge on any atom is -0.508 e. The van der Waals surface area contributed by atoms with Crippen LogP contribution < -0.4 is 10.6 Å². The fourth-order valence-corrected chi connectivity index (χ4v) is 5.18. The summed E-state index contributed by atoms with van der Waals surface area (Å²) in [6.07, 6.45) is -0.190. The first-order valence-corrected chi connectivity index (χ1v) is 10.0. The molecule has 0 bridgehead atoms. The zero-order valence-electron chi connectivity index (χ0n) is 17.7. The zero-order valence-corrected chi connectivity index (χ0v) is 17.7. The van der Waals surface area contributed by atoms with Gasteiger partial charge >= 0.3 is 0 Å². The Balaban J connectivity index is 1.99. The molecule has 3 aliphatic rings. The highest BCUT2D eigenvalue weighted by Crippen LogP contribution is 2.54. The molecule has 1 aromatic rings. The number of hydrogen-bond donors (Lipinski definition) is 5. The van der Waals surface area contributed by atoms with E-state index in [2.05, 4.69) is 10.0 Å². The normalized spacial score (nSPS) is 26.3. The molecule has 0 heterocycles. The van der Waals surface area contributed by atoms with Crippen molar-refractivity contribution in [1.29, 1.82) is 0 Å². The molecule has 12 heteroatoms. The van der Waals surface area contributed by atoms with Crippen LogP contribution in [-0.4, -0.2) is 57.6 Å². The first-order chi connectivity index (χ1) is 15.4. The van der Waals surface area contributed by atoms with Crippen LogP contribution in [0.2, 0.25) is 0 Å². The number of Topliss-reactive ketones (excluding diaryl/α,β-unsaturated/α-hetero) is 2. The summed E-state index contributed by atoms with van der Waals surface area (Å²) in [5.41, 5.74) is 11.0. The predicted octanol–water partition coefficient (Wildman–Crippen LogP) is 1.43. The number of aliphatic hydroxyl groups is 3. The molecule has 172 valence electrons. The Labute approximate surface area is 186 Å². The lowest BCUT2D eigenvalue weighted by molar-refractivity contribution is -0.147. The van der Waals surface area contributed by atoms with Crippen LogP contribution in [0.4, 0.5) is 11.4 Å². The molecule has 3 aliphatic carbocycles. The van der Waals surface area contributed by atoms with Crippen LogP contribution in [0.15, 0.2) is 28.1 Å². The quantitative estimate of drug-likeness (QED) is 0.194. The number of rotatable bonds is 3. The van der Waals surface area contributed by atoms with E-state index in [0.29, 0.717) is 11.3 Å². The van der Waals surface area contributed by atoms with Gasteiger partial charge in [-0.05, 0) is 35.9 Å². The number of benzene rings is 1. The van der Waals surface area contributed by atoms with Crippen molar-refractivity contribution in [2.24, 2.45) is 22.7 Å². The molecule has 4 rings (SSSR count). The van der Waals surface area contributed by atoms with Gasteiger partial charge in [-0.2, -0.15) is 0 Å². The van der Waals surface area contributed by atoms with Gasteiger partial charge in [0.25, 0.3) is 5.91 Å². The summed E-state index contributed by atoms with van der Waals surface area (Å²) in [6, 6.07) is 1.45. The van der Waals surface area contributed by atoms with Crippen LogP contribution in [0.1, 0.15) is 24.0 Å². The number of azide groups is 1. The number of carbonyl (C=O) groups excluding carboxylic acids is 3. The van der Waals surface area contributed by atoms with Crippen molar-refractivity contribution >= 4 is 34.6 Å². The SMILES string of the molecule is CN(C)c1cc(N=[N+]=[N-])c(O)c2c1C[C@H]1C[C@H]3CC(=O)C(C(N)=O)=C(O)[C@@]3(O)C(=O)C1=C2O. The molecule has 0 unspecified atom stereocenters. The van der Waals surface area contributed by atoms with Gasteiger partial charge in [0.2, 0.25) is 5.78 Å². The number of nitrogens with two attached hydrogens (primary N) is 1. The fraction of sp³-hybridized carbons (Fsp3) is 0.381. The monoisotopic (exact) mass is 455 g/mol. The van der Waals surface area contributed by atoms with E-state index >= 15 is 0 Å². The number of fused-ring (bicyclic) bond motifs is 3. The van der Waals surface area contributed by atoms with Crippen molar-refractivity contribution in [3.05, 3.63) is 44.5 Å². The second kappa shape index (κ2) is 7.26. The minimum atomic E-state index is -2.63. The number of aromatic hydroxyl groups is 1. The van der Waals surface area contributed by atoms with E-state index in [1.165, 1.54) is 6.07 Å². The summed E-state index contributed by atoms with van der Waals surface area (Å²) < 4.78 is 0. The van der Waals surface area contributed by atoms with Gasteiger partial charge in [0, 0.05) is 42.6 Å². The van der Waals surface area contributed by atoms with Crippen molar-refractivity contribution in [2.45, 2.75) is 24.9 Å². The Hall–Kier alpha value is -4.02. The topological polar surface area (TPSA) is 210 Å². The standard InChI is InChI=1S/C21H21N5O7/c1-26(2)11-6-10(24-25-23)16(28)14-9(11)4-7-3-8-5-12(27)15(20(22)32)19(31)21(8,33)18(30)13(7)17(14)29/h6-8,28-29,31,33H,3-5H2,1-2H3,(H2,22,32)/t7-,8+,21+/m1/s1. The molecule has 1 amide bonds. The largest absolute Gasteiger partial charge is 0.508 e. The second-order valence-electron chi connectivity index (χ2n) is 8.61. The third kappa shape index (κ3) is 2.88.